The number of benzene rings is 7. The van der Waals surface area contributed by atoms with Gasteiger partial charge in [0.25, 0.3) is 0 Å². The highest BCUT2D eigenvalue weighted by Gasteiger charge is 2.19. The van der Waals surface area contributed by atoms with Gasteiger partial charge in [-0.05, 0) is 128 Å². The SMILES string of the molecule is C/C=C\C=C(/N)C(=N)/C=C(\C=C\c1ccccn1)c1nc2ccccc2n1-c1ccc(-c2c3ccccc3c(-c3ccc4ccccc4c3)c3ccccc23)cc1.CC. The molecule has 0 unspecified atom stereocenters. The third-order valence-corrected chi connectivity index (χ3v) is 10.4. The lowest BCUT2D eigenvalue weighted by Gasteiger charge is -2.18. The number of rotatable bonds is 9. The summed E-state index contributed by atoms with van der Waals surface area (Å²) in [5.74, 6) is 0.690. The maximum absolute atomic E-state index is 8.92. The largest absolute Gasteiger partial charge is 0.397 e. The summed E-state index contributed by atoms with van der Waals surface area (Å²) in [5, 5.41) is 16.2. The number of pyridine rings is 1. The van der Waals surface area contributed by atoms with Crippen LogP contribution in [-0.2, 0) is 0 Å². The molecule has 0 bridgehead atoms. The Labute approximate surface area is 345 Å². The summed E-state index contributed by atoms with van der Waals surface area (Å²) in [7, 11) is 0. The number of hydrogen-bond donors (Lipinski definition) is 2. The van der Waals surface area contributed by atoms with Gasteiger partial charge in [0.05, 0.1) is 28.1 Å². The van der Waals surface area contributed by atoms with Crippen LogP contribution >= 0.6 is 0 Å². The van der Waals surface area contributed by atoms with Crippen LogP contribution in [0.1, 0.15) is 32.3 Å². The van der Waals surface area contributed by atoms with E-state index in [2.05, 4.69) is 131 Å². The zero-order chi connectivity index (χ0) is 40.7. The fourth-order valence-corrected chi connectivity index (χ4v) is 7.72. The summed E-state index contributed by atoms with van der Waals surface area (Å²) in [5.41, 5.74) is 15.9. The molecular weight excluding hydrogens is 719 g/mol. The number of nitrogens with zero attached hydrogens (tertiary/aromatic N) is 3. The van der Waals surface area contributed by atoms with Crippen LogP contribution in [0.2, 0.25) is 0 Å². The molecule has 0 aliphatic heterocycles. The van der Waals surface area contributed by atoms with Crippen molar-refractivity contribution in [2.75, 3.05) is 0 Å². The van der Waals surface area contributed by atoms with Gasteiger partial charge in [0.15, 0.2) is 0 Å². The molecule has 286 valence electrons. The quantitative estimate of drug-likeness (QED) is 0.0873. The molecule has 0 atom stereocenters. The van der Waals surface area contributed by atoms with E-state index in [9.17, 15) is 0 Å². The maximum atomic E-state index is 8.92. The van der Waals surface area contributed by atoms with Crippen LogP contribution in [0.3, 0.4) is 0 Å². The zero-order valence-corrected chi connectivity index (χ0v) is 33.5. The molecule has 2 heterocycles. The molecule has 0 saturated heterocycles. The van der Waals surface area contributed by atoms with Gasteiger partial charge in [-0.25, -0.2) is 4.98 Å². The van der Waals surface area contributed by atoms with Gasteiger partial charge >= 0.3 is 0 Å². The average Bonchev–Trinajstić information content (AvgIpc) is 3.69. The number of aromatic nitrogens is 3. The van der Waals surface area contributed by atoms with Gasteiger partial charge in [0.2, 0.25) is 0 Å². The molecule has 59 heavy (non-hydrogen) atoms. The molecule has 9 rings (SSSR count). The Morgan fingerprint density at radius 2 is 1.24 bits per heavy atom. The molecule has 0 radical (unpaired) electrons. The second-order valence-electron chi connectivity index (χ2n) is 14.0. The molecule has 7 aromatic carbocycles. The van der Waals surface area contributed by atoms with Gasteiger partial charge in [-0.3, -0.25) is 15.0 Å². The number of allylic oxidation sites excluding steroid dienone is 6. The Balaban J connectivity index is 0.00000238. The standard InChI is InChI=1S/C52H39N5.C2H6/c1-2-3-21-46(53)47(54)34-39(26-29-40-16-12-13-32-55-40)52-56-48-22-10-11-23-49(48)57(52)41-30-27-36(28-31-41)50-42-17-6-8-19-44(42)51(45-20-9-7-18-43(45)50)38-25-24-35-14-4-5-15-37(35)33-38;1-2/h2-34,54H,53H2,1H3;1-2H3/b3-2-,29-26+,39-34+,46-21-,54-47?;. The van der Waals surface area contributed by atoms with E-state index in [1.807, 2.05) is 81.5 Å². The molecule has 2 aromatic heterocycles. The van der Waals surface area contributed by atoms with Crippen molar-refractivity contribution < 1.29 is 0 Å². The summed E-state index contributed by atoms with van der Waals surface area (Å²) in [6.45, 7) is 5.92. The van der Waals surface area contributed by atoms with Crippen molar-refractivity contribution in [2.24, 2.45) is 5.73 Å². The third-order valence-electron chi connectivity index (χ3n) is 10.4. The average molecular weight is 764 g/mol. The summed E-state index contributed by atoms with van der Waals surface area (Å²) in [6.07, 6.45) is 12.9. The van der Waals surface area contributed by atoms with Crippen LogP contribution in [0.4, 0.5) is 0 Å². The molecule has 0 saturated carbocycles. The molecule has 5 nitrogen and oxygen atoms in total. The summed E-state index contributed by atoms with van der Waals surface area (Å²) in [4.78, 5) is 9.65. The minimum absolute atomic E-state index is 0.189. The van der Waals surface area contributed by atoms with Crippen molar-refractivity contribution in [1.29, 1.82) is 5.41 Å². The normalized spacial score (nSPS) is 12.2. The summed E-state index contributed by atoms with van der Waals surface area (Å²) < 4.78 is 2.16. The number of imidazole rings is 1. The summed E-state index contributed by atoms with van der Waals surface area (Å²) >= 11 is 0. The predicted octanol–water partition coefficient (Wildman–Crippen LogP) is 13.8. The van der Waals surface area contributed by atoms with Crippen molar-refractivity contribution in [3.8, 4) is 27.9 Å². The van der Waals surface area contributed by atoms with Gasteiger partial charge < -0.3 is 5.73 Å². The number of nitrogens with one attached hydrogen (secondary N) is 1. The number of para-hydroxylation sites is 2. The van der Waals surface area contributed by atoms with Crippen LogP contribution in [0.25, 0.3) is 82.9 Å². The molecule has 9 aromatic rings. The monoisotopic (exact) mass is 763 g/mol. The van der Waals surface area contributed by atoms with E-state index in [0.717, 1.165) is 33.6 Å². The summed E-state index contributed by atoms with van der Waals surface area (Å²) in [6, 6.07) is 55.5. The van der Waals surface area contributed by atoms with E-state index >= 15 is 0 Å². The topological polar surface area (TPSA) is 80.6 Å². The number of fused-ring (bicyclic) bond motifs is 4. The molecule has 0 aliphatic carbocycles. The van der Waals surface area contributed by atoms with Gasteiger partial charge in [0, 0.05) is 17.5 Å². The van der Waals surface area contributed by atoms with Gasteiger partial charge in [-0.1, -0.05) is 141 Å². The van der Waals surface area contributed by atoms with Crippen LogP contribution in [0.15, 0.2) is 200 Å². The Bertz CT molecular complexity index is 3030. The van der Waals surface area contributed by atoms with Crippen molar-refractivity contribution in [3.63, 3.8) is 0 Å². The van der Waals surface area contributed by atoms with Crippen LogP contribution in [0, 0.1) is 5.41 Å². The minimum atomic E-state index is 0.189. The highest BCUT2D eigenvalue weighted by atomic mass is 15.1. The molecule has 0 amide bonds. The molecule has 0 spiro atoms. The first-order valence-electron chi connectivity index (χ1n) is 20.1. The fraction of sp³-hybridized carbons (Fsp3) is 0.0556. The van der Waals surface area contributed by atoms with E-state index in [4.69, 9.17) is 16.1 Å². The Morgan fingerprint density at radius 3 is 1.90 bits per heavy atom. The first kappa shape index (κ1) is 38.3. The lowest BCUT2D eigenvalue weighted by Crippen LogP contribution is -2.09. The van der Waals surface area contributed by atoms with E-state index in [0.29, 0.717) is 11.5 Å². The van der Waals surface area contributed by atoms with Gasteiger partial charge in [-0.2, -0.15) is 0 Å². The Hall–Kier alpha value is -7.63. The van der Waals surface area contributed by atoms with E-state index in [-0.39, 0.29) is 5.71 Å². The van der Waals surface area contributed by atoms with Crippen LogP contribution in [0.5, 0.6) is 0 Å². The lowest BCUT2D eigenvalue weighted by molar-refractivity contribution is 1.06. The second-order valence-corrected chi connectivity index (χ2v) is 14.0. The molecular formula is C54H45N5. The first-order chi connectivity index (χ1) is 29.1. The van der Waals surface area contributed by atoms with Crippen LogP contribution in [-0.4, -0.2) is 20.2 Å². The van der Waals surface area contributed by atoms with Crippen molar-refractivity contribution in [1.82, 2.24) is 14.5 Å². The van der Waals surface area contributed by atoms with E-state index < -0.39 is 0 Å². The Kier molecular flexibility index (Phi) is 11.2. The van der Waals surface area contributed by atoms with E-state index in [1.54, 1.807) is 18.3 Å². The van der Waals surface area contributed by atoms with Gasteiger partial charge in [-0.15, -0.1) is 0 Å². The molecule has 3 N–H and O–H groups in total. The highest BCUT2D eigenvalue weighted by molar-refractivity contribution is 6.21. The minimum Gasteiger partial charge on any atom is -0.397 e. The first-order valence-corrected chi connectivity index (χ1v) is 20.1. The molecule has 0 aliphatic rings. The second kappa shape index (κ2) is 17.2. The van der Waals surface area contributed by atoms with Crippen molar-refractivity contribution in [3.05, 3.63) is 212 Å². The Morgan fingerprint density at radius 1 is 0.644 bits per heavy atom. The van der Waals surface area contributed by atoms with E-state index in [1.165, 1.54) is 49.0 Å². The molecule has 5 heteroatoms. The lowest BCUT2D eigenvalue weighted by atomic mass is 9.85. The van der Waals surface area contributed by atoms with Crippen molar-refractivity contribution in [2.45, 2.75) is 20.8 Å². The highest BCUT2D eigenvalue weighted by Crippen LogP contribution is 2.44. The van der Waals surface area contributed by atoms with Crippen LogP contribution < -0.4 is 5.73 Å². The fourth-order valence-electron chi connectivity index (χ4n) is 7.72. The molecule has 0 fully saturated rings. The smallest absolute Gasteiger partial charge is 0.145 e. The third kappa shape index (κ3) is 7.62. The maximum Gasteiger partial charge on any atom is 0.145 e. The van der Waals surface area contributed by atoms with Gasteiger partial charge in [0.1, 0.15) is 5.82 Å². The van der Waals surface area contributed by atoms with Crippen molar-refractivity contribution >= 4 is 60.7 Å². The predicted molar refractivity (Wildman–Crippen MR) is 252 cm³/mol. The zero-order valence-electron chi connectivity index (χ0n) is 33.5. The number of hydrogen-bond acceptors (Lipinski definition) is 4. The number of nitrogens with two attached hydrogens (primary N) is 1.